The van der Waals surface area contributed by atoms with Crippen LogP contribution >= 0.6 is 0 Å². The summed E-state index contributed by atoms with van der Waals surface area (Å²) >= 11 is 0. The summed E-state index contributed by atoms with van der Waals surface area (Å²) in [5, 5.41) is 2.77. The van der Waals surface area contributed by atoms with Crippen LogP contribution in [-0.2, 0) is 6.42 Å². The summed E-state index contributed by atoms with van der Waals surface area (Å²) in [6.45, 7) is 1.95. The maximum absolute atomic E-state index is 13.1. The van der Waals surface area contributed by atoms with E-state index in [0.717, 1.165) is 5.56 Å². The van der Waals surface area contributed by atoms with Crippen molar-refractivity contribution in [1.29, 1.82) is 0 Å². The van der Waals surface area contributed by atoms with E-state index in [1.165, 1.54) is 41.1 Å². The summed E-state index contributed by atoms with van der Waals surface area (Å²) in [5.74, 6) is -0.905. The second-order valence-electron chi connectivity index (χ2n) is 5.80. The molecule has 1 aromatic heterocycles. The van der Waals surface area contributed by atoms with Crippen molar-refractivity contribution in [3.8, 4) is 5.69 Å². The number of halogens is 1. The van der Waals surface area contributed by atoms with Gasteiger partial charge in [0.25, 0.3) is 11.5 Å². The molecule has 26 heavy (non-hydrogen) atoms. The highest BCUT2D eigenvalue weighted by Crippen LogP contribution is 2.20. The Balaban J connectivity index is 1.95. The zero-order chi connectivity index (χ0) is 18.7. The number of hydrogen-bond donors (Lipinski definition) is 2. The van der Waals surface area contributed by atoms with Crippen LogP contribution in [0.15, 0.2) is 65.6 Å². The Morgan fingerprint density at radius 1 is 1.15 bits per heavy atom. The average Bonchev–Trinajstić information content (AvgIpc) is 2.64. The standard InChI is InChI=1S/C20H18FN3O2/c1-2-13-12-15(22)7-10-18(13)23-19(25)17-4-3-11-24(20(17)26)16-8-5-14(21)6-9-16/h3-12H,2,22H2,1H3,(H,23,25). The van der Waals surface area contributed by atoms with Crippen LogP contribution in [0.3, 0.4) is 0 Å². The molecular weight excluding hydrogens is 333 g/mol. The van der Waals surface area contributed by atoms with Gasteiger partial charge in [0.2, 0.25) is 0 Å². The second-order valence-corrected chi connectivity index (χ2v) is 5.80. The van der Waals surface area contributed by atoms with Crippen molar-refractivity contribution in [2.24, 2.45) is 0 Å². The number of amides is 1. The van der Waals surface area contributed by atoms with E-state index >= 15 is 0 Å². The first-order valence-corrected chi connectivity index (χ1v) is 8.17. The topological polar surface area (TPSA) is 77.1 Å². The summed E-state index contributed by atoms with van der Waals surface area (Å²) in [7, 11) is 0. The van der Waals surface area contributed by atoms with Crippen LogP contribution < -0.4 is 16.6 Å². The highest BCUT2D eigenvalue weighted by Gasteiger charge is 2.14. The van der Waals surface area contributed by atoms with E-state index < -0.39 is 17.3 Å². The molecule has 0 fully saturated rings. The lowest BCUT2D eigenvalue weighted by Crippen LogP contribution is -2.28. The van der Waals surface area contributed by atoms with Gasteiger partial charge in [-0.25, -0.2) is 4.39 Å². The Hall–Kier alpha value is -3.41. The number of pyridine rings is 1. The van der Waals surface area contributed by atoms with Gasteiger partial charge in [-0.1, -0.05) is 6.92 Å². The fourth-order valence-corrected chi connectivity index (χ4v) is 2.69. The molecule has 0 bridgehead atoms. The highest BCUT2D eigenvalue weighted by atomic mass is 19.1. The highest BCUT2D eigenvalue weighted by molar-refractivity contribution is 6.04. The van der Waals surface area contributed by atoms with E-state index in [0.29, 0.717) is 23.5 Å². The van der Waals surface area contributed by atoms with Crippen LogP contribution in [0.2, 0.25) is 0 Å². The number of aromatic nitrogens is 1. The molecule has 0 spiro atoms. The second kappa shape index (κ2) is 7.23. The van der Waals surface area contributed by atoms with Gasteiger partial charge in [0, 0.05) is 23.3 Å². The molecule has 0 aliphatic heterocycles. The number of carbonyl (C=O) groups excluding carboxylic acids is 1. The smallest absolute Gasteiger partial charge is 0.267 e. The van der Waals surface area contributed by atoms with Gasteiger partial charge in [-0.3, -0.25) is 14.2 Å². The molecule has 0 radical (unpaired) electrons. The number of rotatable bonds is 4. The summed E-state index contributed by atoms with van der Waals surface area (Å²) in [6, 6.07) is 13.7. The van der Waals surface area contributed by atoms with Crippen LogP contribution in [0.25, 0.3) is 5.69 Å². The van der Waals surface area contributed by atoms with Gasteiger partial charge in [0.1, 0.15) is 11.4 Å². The van der Waals surface area contributed by atoms with Gasteiger partial charge < -0.3 is 11.1 Å². The molecule has 3 aromatic rings. The van der Waals surface area contributed by atoms with Gasteiger partial charge >= 0.3 is 0 Å². The summed E-state index contributed by atoms with van der Waals surface area (Å²) in [5.41, 5.74) is 7.87. The van der Waals surface area contributed by atoms with Crippen molar-refractivity contribution in [2.45, 2.75) is 13.3 Å². The minimum Gasteiger partial charge on any atom is -0.399 e. The number of anilines is 2. The lowest BCUT2D eigenvalue weighted by molar-refractivity contribution is 0.102. The maximum Gasteiger partial charge on any atom is 0.267 e. The minimum atomic E-state index is -0.508. The van der Waals surface area contributed by atoms with Crippen LogP contribution in [0.4, 0.5) is 15.8 Å². The van der Waals surface area contributed by atoms with E-state index in [1.54, 1.807) is 24.3 Å². The molecule has 0 aliphatic rings. The van der Waals surface area contributed by atoms with Crippen molar-refractivity contribution >= 4 is 17.3 Å². The van der Waals surface area contributed by atoms with Crippen molar-refractivity contribution in [3.63, 3.8) is 0 Å². The van der Waals surface area contributed by atoms with Gasteiger partial charge in [-0.2, -0.15) is 0 Å². The predicted octanol–water partition coefficient (Wildman–Crippen LogP) is 3.37. The summed E-state index contributed by atoms with van der Waals surface area (Å²) < 4.78 is 14.4. The van der Waals surface area contributed by atoms with Gasteiger partial charge in [0.15, 0.2) is 0 Å². The Labute approximate surface area is 149 Å². The fourth-order valence-electron chi connectivity index (χ4n) is 2.69. The van der Waals surface area contributed by atoms with E-state index in [-0.39, 0.29) is 5.56 Å². The van der Waals surface area contributed by atoms with Crippen LogP contribution in [0, 0.1) is 5.82 Å². The van der Waals surface area contributed by atoms with Crippen molar-refractivity contribution in [3.05, 3.63) is 88.1 Å². The molecule has 132 valence electrons. The number of nitrogen functional groups attached to an aromatic ring is 1. The first-order valence-electron chi connectivity index (χ1n) is 8.17. The number of nitrogens with zero attached hydrogens (tertiary/aromatic N) is 1. The average molecular weight is 351 g/mol. The monoisotopic (exact) mass is 351 g/mol. The summed E-state index contributed by atoms with van der Waals surface area (Å²) in [6.07, 6.45) is 2.22. The zero-order valence-electron chi connectivity index (χ0n) is 14.2. The lowest BCUT2D eigenvalue weighted by Gasteiger charge is -2.12. The molecule has 0 saturated heterocycles. The lowest BCUT2D eigenvalue weighted by atomic mass is 10.1. The molecule has 0 saturated carbocycles. The normalized spacial score (nSPS) is 10.5. The Bertz CT molecular complexity index is 1010. The number of hydrogen-bond acceptors (Lipinski definition) is 3. The maximum atomic E-state index is 13.1. The molecule has 1 amide bonds. The Morgan fingerprint density at radius 2 is 1.88 bits per heavy atom. The SMILES string of the molecule is CCc1cc(N)ccc1NC(=O)c1cccn(-c2ccc(F)cc2)c1=O. The van der Waals surface area contributed by atoms with E-state index in [2.05, 4.69) is 5.32 Å². The number of benzene rings is 2. The van der Waals surface area contributed by atoms with Crippen molar-refractivity contribution in [1.82, 2.24) is 4.57 Å². The minimum absolute atomic E-state index is 0.00398. The van der Waals surface area contributed by atoms with E-state index in [9.17, 15) is 14.0 Å². The molecule has 6 heteroatoms. The number of nitrogens with two attached hydrogens (primary N) is 1. The summed E-state index contributed by atoms with van der Waals surface area (Å²) in [4.78, 5) is 25.3. The Morgan fingerprint density at radius 3 is 2.58 bits per heavy atom. The molecule has 0 unspecified atom stereocenters. The third-order valence-electron chi connectivity index (χ3n) is 4.06. The molecule has 3 N–H and O–H groups in total. The zero-order valence-corrected chi connectivity index (χ0v) is 14.2. The largest absolute Gasteiger partial charge is 0.399 e. The van der Waals surface area contributed by atoms with Crippen molar-refractivity contribution in [2.75, 3.05) is 11.1 Å². The van der Waals surface area contributed by atoms with Crippen molar-refractivity contribution < 1.29 is 9.18 Å². The van der Waals surface area contributed by atoms with Gasteiger partial charge in [-0.05, 0) is 66.6 Å². The molecule has 2 aromatic carbocycles. The number of carbonyl (C=O) groups is 1. The molecule has 0 atom stereocenters. The van der Waals surface area contributed by atoms with E-state index in [1.807, 2.05) is 6.92 Å². The first kappa shape index (κ1) is 17.4. The van der Waals surface area contributed by atoms with Gasteiger partial charge in [-0.15, -0.1) is 0 Å². The third kappa shape index (κ3) is 3.49. The molecule has 5 nitrogen and oxygen atoms in total. The molecular formula is C20H18FN3O2. The molecule has 3 rings (SSSR count). The molecule has 1 heterocycles. The van der Waals surface area contributed by atoms with Gasteiger partial charge in [0.05, 0.1) is 0 Å². The van der Waals surface area contributed by atoms with Crippen LogP contribution in [0.1, 0.15) is 22.8 Å². The fraction of sp³-hybridized carbons (Fsp3) is 0.100. The number of nitrogens with one attached hydrogen (secondary N) is 1. The van der Waals surface area contributed by atoms with Crippen LogP contribution in [0.5, 0.6) is 0 Å². The van der Waals surface area contributed by atoms with Crippen LogP contribution in [-0.4, -0.2) is 10.5 Å². The quantitative estimate of drug-likeness (QED) is 0.708. The van der Waals surface area contributed by atoms with E-state index in [4.69, 9.17) is 5.73 Å². The third-order valence-corrected chi connectivity index (χ3v) is 4.06. The predicted molar refractivity (Wildman–Crippen MR) is 100 cm³/mol. The molecule has 0 aliphatic carbocycles. The Kier molecular flexibility index (Phi) is 4.84. The number of aryl methyl sites for hydroxylation is 1. The first-order chi connectivity index (χ1) is 12.5.